The fourth-order valence-corrected chi connectivity index (χ4v) is 1.55. The van der Waals surface area contributed by atoms with Crippen LogP contribution in [0.5, 0.6) is 0 Å². The second-order valence-electron chi connectivity index (χ2n) is 4.32. The molecule has 0 spiro atoms. The highest BCUT2D eigenvalue weighted by Gasteiger charge is 2.35. The van der Waals surface area contributed by atoms with Gasteiger partial charge < -0.3 is 15.8 Å². The molecule has 91 valence electrons. The Balaban J connectivity index is 2.16. The topological polar surface area (TPSA) is 99.2 Å². The van der Waals surface area contributed by atoms with Crippen molar-refractivity contribution in [2.75, 3.05) is 13.2 Å². The number of aromatic nitrogens is 2. The maximum Gasteiger partial charge on any atom is 0.270 e. The number of amides is 2. The Morgan fingerprint density at radius 1 is 1.59 bits per heavy atom. The molecule has 1 aliphatic rings. The second kappa shape index (κ2) is 3.85. The summed E-state index contributed by atoms with van der Waals surface area (Å²) in [5.41, 5.74) is 4.83. The van der Waals surface area contributed by atoms with Gasteiger partial charge >= 0.3 is 0 Å². The number of rotatable bonds is 3. The molecule has 0 bridgehead atoms. The first-order chi connectivity index (χ1) is 7.91. The minimum absolute atomic E-state index is 0.0485. The average Bonchev–Trinajstić information content (AvgIpc) is 2.58. The molecule has 0 unspecified atom stereocenters. The van der Waals surface area contributed by atoms with Gasteiger partial charge in [0.2, 0.25) is 0 Å². The van der Waals surface area contributed by atoms with E-state index in [4.69, 9.17) is 10.5 Å². The maximum absolute atomic E-state index is 11.9. The minimum Gasteiger partial charge on any atom is -0.376 e. The Morgan fingerprint density at radius 2 is 2.24 bits per heavy atom. The second-order valence-corrected chi connectivity index (χ2v) is 4.32. The van der Waals surface area contributed by atoms with E-state index in [9.17, 15) is 9.59 Å². The lowest BCUT2D eigenvalue weighted by Gasteiger charge is -2.38. The first-order valence-corrected chi connectivity index (χ1v) is 5.08. The first kappa shape index (κ1) is 11.6. The largest absolute Gasteiger partial charge is 0.376 e. The van der Waals surface area contributed by atoms with E-state index in [-0.39, 0.29) is 22.8 Å². The number of aryl methyl sites for hydroxylation is 1. The van der Waals surface area contributed by atoms with Crippen LogP contribution in [0.15, 0.2) is 0 Å². The molecule has 1 radical (unpaired) electrons. The first-order valence-electron chi connectivity index (χ1n) is 5.08. The molecule has 0 saturated carbocycles. The van der Waals surface area contributed by atoms with Crippen LogP contribution in [0.4, 0.5) is 0 Å². The van der Waals surface area contributed by atoms with E-state index in [1.807, 2.05) is 6.92 Å². The standard InChI is InChI=1S/C10H13N4O3/c1-10(4-17-5-10)12-9(16)7-3-6(8(11)15)13-14(7)2/h4-5H2,1-2H3,(H2,11,15)(H,12,16). The molecule has 3 N–H and O–H groups in total. The van der Waals surface area contributed by atoms with E-state index in [2.05, 4.69) is 16.5 Å². The third-order valence-electron chi connectivity index (χ3n) is 2.52. The van der Waals surface area contributed by atoms with Crippen LogP contribution in [-0.2, 0) is 11.8 Å². The van der Waals surface area contributed by atoms with Gasteiger partial charge in [-0.3, -0.25) is 14.3 Å². The predicted molar refractivity (Wildman–Crippen MR) is 57.3 cm³/mol. The third-order valence-corrected chi connectivity index (χ3v) is 2.52. The Bertz CT molecular complexity index is 476. The van der Waals surface area contributed by atoms with E-state index < -0.39 is 5.91 Å². The summed E-state index contributed by atoms with van der Waals surface area (Å²) in [7, 11) is 1.55. The number of nitrogens with two attached hydrogens (primary N) is 1. The highest BCUT2D eigenvalue weighted by Crippen LogP contribution is 2.16. The van der Waals surface area contributed by atoms with E-state index in [1.165, 1.54) is 4.68 Å². The SMILES string of the molecule is Cn1nc(C(N)=O)[c]c1C(=O)NC1(C)COC1. The van der Waals surface area contributed by atoms with Gasteiger partial charge in [-0.25, -0.2) is 0 Å². The van der Waals surface area contributed by atoms with Gasteiger partial charge in [0, 0.05) is 7.05 Å². The lowest BCUT2D eigenvalue weighted by molar-refractivity contribution is -0.0594. The summed E-state index contributed by atoms with van der Waals surface area (Å²) >= 11 is 0. The summed E-state index contributed by atoms with van der Waals surface area (Å²) in [4.78, 5) is 22.8. The third kappa shape index (κ3) is 2.14. The molecular formula is C10H13N4O3. The minimum atomic E-state index is -0.710. The molecule has 0 aromatic carbocycles. The van der Waals surface area contributed by atoms with Crippen LogP contribution in [0.25, 0.3) is 0 Å². The lowest BCUT2D eigenvalue weighted by atomic mass is 10.0. The van der Waals surface area contributed by atoms with Crippen molar-refractivity contribution in [1.29, 1.82) is 0 Å². The number of nitrogens with zero attached hydrogens (tertiary/aromatic N) is 2. The summed E-state index contributed by atoms with van der Waals surface area (Å²) < 4.78 is 6.30. The van der Waals surface area contributed by atoms with Crippen molar-refractivity contribution >= 4 is 11.8 Å². The molecule has 1 aliphatic heterocycles. The summed E-state index contributed by atoms with van der Waals surface area (Å²) in [6, 6.07) is 2.58. The molecular weight excluding hydrogens is 224 g/mol. The Kier molecular flexibility index (Phi) is 2.62. The zero-order chi connectivity index (χ0) is 12.6. The van der Waals surface area contributed by atoms with Crippen LogP contribution >= 0.6 is 0 Å². The molecule has 17 heavy (non-hydrogen) atoms. The van der Waals surface area contributed by atoms with Gasteiger partial charge in [0.15, 0.2) is 5.69 Å². The van der Waals surface area contributed by atoms with Crippen LogP contribution in [0.1, 0.15) is 27.9 Å². The van der Waals surface area contributed by atoms with Gasteiger partial charge in [-0.2, -0.15) is 5.10 Å². The number of hydrogen-bond acceptors (Lipinski definition) is 4. The number of primary amides is 1. The van der Waals surface area contributed by atoms with Gasteiger partial charge in [-0.05, 0) is 6.92 Å². The number of nitrogens with one attached hydrogen (secondary N) is 1. The van der Waals surface area contributed by atoms with Crippen molar-refractivity contribution in [2.24, 2.45) is 12.8 Å². The molecule has 2 rings (SSSR count). The van der Waals surface area contributed by atoms with Crippen molar-refractivity contribution in [1.82, 2.24) is 15.1 Å². The smallest absolute Gasteiger partial charge is 0.270 e. The molecule has 1 fully saturated rings. The number of carbonyl (C=O) groups is 2. The molecule has 1 saturated heterocycles. The maximum atomic E-state index is 11.9. The van der Waals surface area contributed by atoms with Gasteiger partial charge in [0.1, 0.15) is 5.69 Å². The van der Waals surface area contributed by atoms with Crippen molar-refractivity contribution in [3.05, 3.63) is 17.5 Å². The lowest BCUT2D eigenvalue weighted by Crippen LogP contribution is -2.60. The van der Waals surface area contributed by atoms with Gasteiger partial charge in [-0.15, -0.1) is 0 Å². The van der Waals surface area contributed by atoms with Gasteiger partial charge in [-0.1, -0.05) is 0 Å². The average molecular weight is 237 g/mol. The molecule has 0 aliphatic carbocycles. The van der Waals surface area contributed by atoms with Gasteiger partial charge in [0.05, 0.1) is 24.8 Å². The van der Waals surface area contributed by atoms with Crippen LogP contribution in [-0.4, -0.2) is 40.3 Å². The van der Waals surface area contributed by atoms with Crippen molar-refractivity contribution in [3.8, 4) is 0 Å². The molecule has 2 amide bonds. The Labute approximate surface area is 97.9 Å². The molecule has 7 nitrogen and oxygen atoms in total. The summed E-state index contributed by atoms with van der Waals surface area (Å²) in [5, 5.41) is 6.59. The summed E-state index contributed by atoms with van der Waals surface area (Å²) in [6.07, 6.45) is 0. The molecule has 1 aromatic rings. The van der Waals surface area contributed by atoms with E-state index in [0.717, 1.165) is 0 Å². The fraction of sp³-hybridized carbons (Fsp3) is 0.500. The number of hydrogen-bond donors (Lipinski definition) is 2. The quantitative estimate of drug-likeness (QED) is 0.692. The zero-order valence-electron chi connectivity index (χ0n) is 9.61. The highest BCUT2D eigenvalue weighted by atomic mass is 16.5. The highest BCUT2D eigenvalue weighted by molar-refractivity contribution is 5.97. The molecule has 7 heteroatoms. The van der Waals surface area contributed by atoms with Crippen LogP contribution in [0, 0.1) is 6.07 Å². The summed E-state index contributed by atoms with van der Waals surface area (Å²) in [6.45, 7) is 2.82. The van der Waals surface area contributed by atoms with Crippen molar-refractivity contribution < 1.29 is 14.3 Å². The van der Waals surface area contributed by atoms with Crippen LogP contribution in [0.3, 0.4) is 0 Å². The predicted octanol–water partition coefficient (Wildman–Crippen LogP) is -1.16. The molecule has 1 aromatic heterocycles. The number of carbonyl (C=O) groups excluding carboxylic acids is 2. The molecule has 0 atom stereocenters. The summed E-state index contributed by atoms with van der Waals surface area (Å²) in [5.74, 6) is -1.06. The van der Waals surface area contributed by atoms with Crippen molar-refractivity contribution in [2.45, 2.75) is 12.5 Å². The van der Waals surface area contributed by atoms with Crippen molar-refractivity contribution in [3.63, 3.8) is 0 Å². The van der Waals surface area contributed by atoms with Gasteiger partial charge in [0.25, 0.3) is 11.8 Å². The molecule has 2 heterocycles. The van der Waals surface area contributed by atoms with E-state index in [1.54, 1.807) is 7.05 Å². The fourth-order valence-electron chi connectivity index (χ4n) is 1.55. The zero-order valence-corrected chi connectivity index (χ0v) is 9.61. The number of ether oxygens (including phenoxy) is 1. The van der Waals surface area contributed by atoms with E-state index >= 15 is 0 Å². The van der Waals surface area contributed by atoms with E-state index in [0.29, 0.717) is 13.2 Å². The van der Waals surface area contributed by atoms with Crippen LogP contribution in [0.2, 0.25) is 0 Å². The van der Waals surface area contributed by atoms with Crippen LogP contribution < -0.4 is 11.1 Å². The Morgan fingerprint density at radius 3 is 2.65 bits per heavy atom. The Hall–Kier alpha value is -1.89. The monoisotopic (exact) mass is 237 g/mol. The normalized spacial score (nSPS) is 17.3.